The summed E-state index contributed by atoms with van der Waals surface area (Å²) in [5, 5.41) is 8.42. The van der Waals surface area contributed by atoms with Crippen LogP contribution in [0.4, 0.5) is 5.82 Å². The van der Waals surface area contributed by atoms with E-state index in [9.17, 15) is 0 Å². The van der Waals surface area contributed by atoms with Crippen molar-refractivity contribution in [2.45, 2.75) is 25.7 Å². The minimum atomic E-state index is 0.550. The lowest BCUT2D eigenvalue weighted by Gasteiger charge is -2.28. The highest BCUT2D eigenvalue weighted by Crippen LogP contribution is 2.41. The second kappa shape index (κ2) is 7.42. The topological polar surface area (TPSA) is 71.2 Å². The molecule has 6 rings (SSSR count). The molecule has 0 spiro atoms. The first-order valence-electron chi connectivity index (χ1n) is 11.0. The number of pyridine rings is 2. The predicted molar refractivity (Wildman–Crippen MR) is 121 cm³/mol. The van der Waals surface area contributed by atoms with Crippen LogP contribution in [0.15, 0.2) is 48.9 Å². The standard InChI is InChI=1S/C24H25N7/c1-16-23(19-4-5-22(27-15-19)30-12-10-26-11-13-30)31-24(28-16)20(17-6-8-25-9-7-17)14-21(29-31)18-2-3-18/h4-9,14-15,18,26H,2-3,10-13H2,1H3. The van der Waals surface area contributed by atoms with E-state index in [0.717, 1.165) is 71.4 Å². The van der Waals surface area contributed by atoms with Gasteiger partial charge in [-0.2, -0.15) is 5.10 Å². The molecule has 0 radical (unpaired) electrons. The summed E-state index contributed by atoms with van der Waals surface area (Å²) in [5.74, 6) is 1.58. The summed E-state index contributed by atoms with van der Waals surface area (Å²) in [5.41, 5.74) is 7.29. The number of nitrogens with zero attached hydrogens (tertiary/aromatic N) is 6. The number of rotatable bonds is 4. The largest absolute Gasteiger partial charge is 0.354 e. The van der Waals surface area contributed by atoms with Gasteiger partial charge in [-0.05, 0) is 55.7 Å². The molecule has 1 aliphatic carbocycles. The lowest BCUT2D eigenvalue weighted by Crippen LogP contribution is -2.43. The van der Waals surface area contributed by atoms with E-state index in [1.165, 1.54) is 12.8 Å². The fourth-order valence-corrected chi connectivity index (χ4v) is 4.41. The van der Waals surface area contributed by atoms with Crippen LogP contribution in [-0.4, -0.2) is 50.7 Å². The van der Waals surface area contributed by atoms with E-state index >= 15 is 0 Å². The fourth-order valence-electron chi connectivity index (χ4n) is 4.41. The van der Waals surface area contributed by atoms with Gasteiger partial charge < -0.3 is 10.2 Å². The lowest BCUT2D eigenvalue weighted by atomic mass is 10.1. The maximum atomic E-state index is 5.02. The second-order valence-electron chi connectivity index (χ2n) is 8.42. The number of aryl methyl sites for hydroxylation is 1. The van der Waals surface area contributed by atoms with Gasteiger partial charge in [0.2, 0.25) is 0 Å². The van der Waals surface area contributed by atoms with Crippen LogP contribution in [0, 0.1) is 6.92 Å². The Bertz CT molecular complexity index is 1220. The van der Waals surface area contributed by atoms with Crippen LogP contribution in [0.2, 0.25) is 0 Å². The van der Waals surface area contributed by atoms with Crippen LogP contribution in [0.5, 0.6) is 0 Å². The van der Waals surface area contributed by atoms with E-state index in [1.807, 2.05) is 35.2 Å². The van der Waals surface area contributed by atoms with Crippen LogP contribution in [0.25, 0.3) is 28.0 Å². The van der Waals surface area contributed by atoms with Crippen LogP contribution < -0.4 is 10.2 Å². The molecule has 2 fully saturated rings. The summed E-state index contributed by atoms with van der Waals surface area (Å²) in [6, 6.07) is 10.6. The van der Waals surface area contributed by atoms with Crippen molar-refractivity contribution in [2.24, 2.45) is 0 Å². The molecular weight excluding hydrogens is 386 g/mol. The first-order chi connectivity index (χ1) is 15.3. The van der Waals surface area contributed by atoms with Crippen molar-refractivity contribution in [1.82, 2.24) is 29.9 Å². The molecule has 1 saturated heterocycles. The number of hydrogen-bond donors (Lipinski definition) is 1. The Morgan fingerprint density at radius 3 is 2.52 bits per heavy atom. The van der Waals surface area contributed by atoms with Gasteiger partial charge in [0.25, 0.3) is 0 Å². The number of anilines is 1. The lowest BCUT2D eigenvalue weighted by molar-refractivity contribution is 0.585. The summed E-state index contributed by atoms with van der Waals surface area (Å²) in [4.78, 5) is 16.2. The summed E-state index contributed by atoms with van der Waals surface area (Å²) < 4.78 is 2.03. The molecule has 7 heteroatoms. The highest BCUT2D eigenvalue weighted by molar-refractivity contribution is 5.80. The minimum absolute atomic E-state index is 0.550. The third-order valence-electron chi connectivity index (χ3n) is 6.23. The molecule has 5 heterocycles. The van der Waals surface area contributed by atoms with Gasteiger partial charge >= 0.3 is 0 Å². The summed E-state index contributed by atoms with van der Waals surface area (Å²) in [6.07, 6.45) is 8.04. The molecule has 0 unspecified atom stereocenters. The Morgan fingerprint density at radius 1 is 1.00 bits per heavy atom. The molecule has 2 aliphatic rings. The van der Waals surface area contributed by atoms with Gasteiger partial charge in [-0.1, -0.05) is 0 Å². The molecular formula is C24H25N7. The van der Waals surface area contributed by atoms with Crippen molar-refractivity contribution in [1.29, 1.82) is 0 Å². The third-order valence-corrected chi connectivity index (χ3v) is 6.23. The second-order valence-corrected chi connectivity index (χ2v) is 8.42. The average Bonchev–Trinajstić information content (AvgIpc) is 3.62. The van der Waals surface area contributed by atoms with Crippen molar-refractivity contribution < 1.29 is 0 Å². The van der Waals surface area contributed by atoms with E-state index in [4.69, 9.17) is 15.1 Å². The van der Waals surface area contributed by atoms with Crippen LogP contribution in [0.1, 0.15) is 30.1 Å². The van der Waals surface area contributed by atoms with Crippen molar-refractivity contribution >= 4 is 11.5 Å². The predicted octanol–water partition coefficient (Wildman–Crippen LogP) is 3.45. The van der Waals surface area contributed by atoms with E-state index in [-0.39, 0.29) is 0 Å². The average molecular weight is 412 g/mol. The zero-order valence-corrected chi connectivity index (χ0v) is 17.6. The molecule has 1 saturated carbocycles. The van der Waals surface area contributed by atoms with E-state index in [0.29, 0.717) is 5.92 Å². The molecule has 0 amide bonds. The molecule has 0 atom stereocenters. The van der Waals surface area contributed by atoms with Gasteiger partial charge in [0.1, 0.15) is 5.82 Å². The number of nitrogens with one attached hydrogen (secondary N) is 1. The third kappa shape index (κ3) is 3.35. The molecule has 1 aliphatic heterocycles. The molecule has 4 aromatic heterocycles. The molecule has 1 N–H and O–H groups in total. The number of imidazole rings is 1. The molecule has 4 aromatic rings. The monoisotopic (exact) mass is 411 g/mol. The Balaban J connectivity index is 1.48. The Morgan fingerprint density at radius 2 is 1.81 bits per heavy atom. The normalized spacial score (nSPS) is 16.7. The van der Waals surface area contributed by atoms with Crippen LogP contribution >= 0.6 is 0 Å². The van der Waals surface area contributed by atoms with E-state index < -0.39 is 0 Å². The van der Waals surface area contributed by atoms with E-state index in [2.05, 4.69) is 40.3 Å². The number of aromatic nitrogens is 5. The van der Waals surface area contributed by atoms with Gasteiger partial charge in [0, 0.05) is 61.8 Å². The molecule has 0 bridgehead atoms. The smallest absolute Gasteiger partial charge is 0.162 e. The highest BCUT2D eigenvalue weighted by Gasteiger charge is 2.28. The molecule has 31 heavy (non-hydrogen) atoms. The van der Waals surface area contributed by atoms with E-state index in [1.54, 1.807) is 0 Å². The van der Waals surface area contributed by atoms with Gasteiger partial charge in [0.05, 0.1) is 17.1 Å². The van der Waals surface area contributed by atoms with Gasteiger partial charge in [0.15, 0.2) is 5.65 Å². The quantitative estimate of drug-likeness (QED) is 0.555. The van der Waals surface area contributed by atoms with Crippen LogP contribution in [0.3, 0.4) is 0 Å². The maximum Gasteiger partial charge on any atom is 0.162 e. The molecule has 156 valence electrons. The highest BCUT2D eigenvalue weighted by atomic mass is 15.3. The van der Waals surface area contributed by atoms with Crippen molar-refractivity contribution in [3.05, 3.63) is 60.3 Å². The first-order valence-corrected chi connectivity index (χ1v) is 11.0. The molecule has 0 aromatic carbocycles. The molecule has 7 nitrogen and oxygen atoms in total. The zero-order chi connectivity index (χ0) is 20.8. The number of piperazine rings is 1. The van der Waals surface area contributed by atoms with Crippen molar-refractivity contribution in [3.8, 4) is 22.4 Å². The SMILES string of the molecule is Cc1nc2c(-c3ccncc3)cc(C3CC3)nn2c1-c1ccc(N2CCNCC2)nc1. The number of fused-ring (bicyclic) bond motifs is 1. The summed E-state index contributed by atoms with van der Waals surface area (Å²) >= 11 is 0. The summed E-state index contributed by atoms with van der Waals surface area (Å²) in [6.45, 7) is 6.04. The maximum absolute atomic E-state index is 5.02. The van der Waals surface area contributed by atoms with Gasteiger partial charge in [-0.3, -0.25) is 4.98 Å². The van der Waals surface area contributed by atoms with Crippen molar-refractivity contribution in [3.63, 3.8) is 0 Å². The van der Waals surface area contributed by atoms with Crippen molar-refractivity contribution in [2.75, 3.05) is 31.1 Å². The van der Waals surface area contributed by atoms with Gasteiger partial charge in [-0.25, -0.2) is 14.5 Å². The zero-order valence-electron chi connectivity index (χ0n) is 17.6. The summed E-state index contributed by atoms with van der Waals surface area (Å²) in [7, 11) is 0. The minimum Gasteiger partial charge on any atom is -0.354 e. The number of hydrogen-bond acceptors (Lipinski definition) is 6. The van der Waals surface area contributed by atoms with Crippen LogP contribution in [-0.2, 0) is 0 Å². The van der Waals surface area contributed by atoms with Gasteiger partial charge in [-0.15, -0.1) is 0 Å². The first kappa shape index (κ1) is 18.4. The Labute approximate surface area is 181 Å². The Kier molecular flexibility index (Phi) is 4.42. The fraction of sp³-hybridized carbons (Fsp3) is 0.333. The Hall–Kier alpha value is -3.32.